The van der Waals surface area contributed by atoms with Crippen LogP contribution in [0.1, 0.15) is 51.4 Å². The molecule has 0 bridgehead atoms. The maximum Gasteiger partial charge on any atom is 0.401 e. The maximum absolute atomic E-state index is 13.6. The molecule has 0 heterocycles. The average Bonchev–Trinajstić information content (AvgIpc) is 3.25. The molecule has 3 fully saturated rings. The van der Waals surface area contributed by atoms with Crippen molar-refractivity contribution in [3.05, 3.63) is 0 Å². The smallest absolute Gasteiger partial charge is 0.298 e. The second-order valence-corrected chi connectivity index (χ2v) is 7.99. The van der Waals surface area contributed by atoms with Crippen molar-refractivity contribution < 1.29 is 44.3 Å². The van der Waals surface area contributed by atoms with Gasteiger partial charge in [0.15, 0.2) is 5.78 Å². The molecule has 3 saturated carbocycles. The van der Waals surface area contributed by atoms with Gasteiger partial charge in [0, 0.05) is 5.92 Å². The van der Waals surface area contributed by atoms with Crippen LogP contribution in [-0.2, 0) is 4.79 Å². The SMILES string of the molecule is O=C(C(CC1(C(F)(F)F)CC1)C1(C(F)(F)F)CCC1)C1(C(F)(F)F)CC1. The highest BCUT2D eigenvalue weighted by Crippen LogP contribution is 2.70. The number of carbonyl (C=O) groups excluding carboxylic acids is 1. The number of ketones is 1. The van der Waals surface area contributed by atoms with Crippen molar-refractivity contribution in [1.82, 2.24) is 0 Å². The van der Waals surface area contributed by atoms with E-state index in [4.69, 9.17) is 0 Å². The van der Waals surface area contributed by atoms with Crippen molar-refractivity contribution in [2.45, 2.75) is 69.9 Å². The molecule has 3 rings (SSSR count). The van der Waals surface area contributed by atoms with Gasteiger partial charge in [0.25, 0.3) is 0 Å². The molecule has 0 N–H and O–H groups in total. The summed E-state index contributed by atoms with van der Waals surface area (Å²) in [5.74, 6) is -4.00. The van der Waals surface area contributed by atoms with Gasteiger partial charge in [-0.2, -0.15) is 39.5 Å². The number of carbonyl (C=O) groups is 1. The fraction of sp³-hybridized carbons (Fsp3) is 0.938. The number of Topliss-reactive ketones (excluding diaryl/α,β-unsaturated/α-hetero) is 1. The number of alkyl halides is 9. The van der Waals surface area contributed by atoms with E-state index in [1.165, 1.54) is 0 Å². The number of halogens is 9. The molecule has 10 heteroatoms. The Balaban J connectivity index is 2.00. The average molecular weight is 396 g/mol. The fourth-order valence-corrected chi connectivity index (χ4v) is 4.20. The van der Waals surface area contributed by atoms with Crippen LogP contribution in [0.15, 0.2) is 0 Å². The summed E-state index contributed by atoms with van der Waals surface area (Å²) >= 11 is 0. The Morgan fingerprint density at radius 2 is 1.23 bits per heavy atom. The maximum atomic E-state index is 13.6. The third kappa shape index (κ3) is 2.65. The minimum atomic E-state index is -5.05. The Morgan fingerprint density at radius 1 is 0.731 bits per heavy atom. The van der Waals surface area contributed by atoms with Gasteiger partial charge in [0.2, 0.25) is 0 Å². The van der Waals surface area contributed by atoms with Gasteiger partial charge in [-0.05, 0) is 44.9 Å². The largest absolute Gasteiger partial charge is 0.401 e. The molecule has 0 aromatic heterocycles. The molecular formula is C16H17F9O. The van der Waals surface area contributed by atoms with Gasteiger partial charge in [-0.15, -0.1) is 0 Å². The minimum absolute atomic E-state index is 0.0291. The zero-order chi connectivity index (χ0) is 19.8. The van der Waals surface area contributed by atoms with E-state index in [-0.39, 0.29) is 6.42 Å². The summed E-state index contributed by atoms with van der Waals surface area (Å²) in [7, 11) is 0. The second-order valence-electron chi connectivity index (χ2n) is 7.99. The summed E-state index contributed by atoms with van der Waals surface area (Å²) in [5.41, 5.74) is -8.15. The number of hydrogen-bond acceptors (Lipinski definition) is 1. The lowest BCUT2D eigenvalue weighted by Crippen LogP contribution is -2.56. The molecule has 0 spiro atoms. The van der Waals surface area contributed by atoms with Crippen molar-refractivity contribution in [3.8, 4) is 0 Å². The third-order valence-corrected chi connectivity index (χ3v) is 6.61. The van der Waals surface area contributed by atoms with Gasteiger partial charge in [-0.3, -0.25) is 4.79 Å². The van der Waals surface area contributed by atoms with E-state index in [0.29, 0.717) is 0 Å². The van der Waals surface area contributed by atoms with E-state index in [1.54, 1.807) is 0 Å². The fourth-order valence-electron chi connectivity index (χ4n) is 4.20. The summed E-state index contributed by atoms with van der Waals surface area (Å²) in [6, 6.07) is 0. The second kappa shape index (κ2) is 5.31. The van der Waals surface area contributed by atoms with Crippen LogP contribution in [0, 0.1) is 22.2 Å². The first-order chi connectivity index (χ1) is 11.6. The predicted molar refractivity (Wildman–Crippen MR) is 70.9 cm³/mol. The molecule has 0 saturated heterocycles. The summed E-state index contributed by atoms with van der Waals surface area (Å²) in [4.78, 5) is 12.6. The Labute approximate surface area is 143 Å². The van der Waals surface area contributed by atoms with Crippen LogP contribution in [0.25, 0.3) is 0 Å². The molecule has 0 amide bonds. The van der Waals surface area contributed by atoms with Gasteiger partial charge >= 0.3 is 18.5 Å². The van der Waals surface area contributed by atoms with Gasteiger partial charge in [-0.25, -0.2) is 0 Å². The van der Waals surface area contributed by atoms with Crippen LogP contribution in [0.4, 0.5) is 39.5 Å². The van der Waals surface area contributed by atoms with E-state index >= 15 is 0 Å². The van der Waals surface area contributed by atoms with E-state index in [9.17, 15) is 44.3 Å². The first-order valence-electron chi connectivity index (χ1n) is 8.37. The minimum Gasteiger partial charge on any atom is -0.298 e. The predicted octanol–water partition coefficient (Wildman–Crippen LogP) is 5.98. The molecular weight excluding hydrogens is 379 g/mol. The van der Waals surface area contributed by atoms with E-state index < -0.39 is 91.4 Å². The molecule has 0 aliphatic heterocycles. The van der Waals surface area contributed by atoms with Gasteiger partial charge in [-0.1, -0.05) is 6.42 Å². The molecule has 26 heavy (non-hydrogen) atoms. The van der Waals surface area contributed by atoms with Gasteiger partial charge in [0.1, 0.15) is 5.41 Å². The van der Waals surface area contributed by atoms with Crippen molar-refractivity contribution >= 4 is 5.78 Å². The Kier molecular flexibility index (Phi) is 4.04. The molecule has 0 aromatic carbocycles. The third-order valence-electron chi connectivity index (χ3n) is 6.61. The lowest BCUT2D eigenvalue weighted by molar-refractivity contribution is -0.279. The zero-order valence-electron chi connectivity index (χ0n) is 13.5. The monoisotopic (exact) mass is 396 g/mol. The van der Waals surface area contributed by atoms with Crippen LogP contribution in [-0.4, -0.2) is 24.3 Å². The van der Waals surface area contributed by atoms with E-state index in [2.05, 4.69) is 0 Å². The standard InChI is InChI=1S/C16H17F9O/c17-14(18,19)11(4-5-11)8-9(12(2-1-3-12)15(20,21)22)10(26)13(6-7-13)16(23,24)25/h9H,1-8H2. The summed E-state index contributed by atoms with van der Waals surface area (Å²) in [5, 5.41) is 0. The first-order valence-corrected chi connectivity index (χ1v) is 8.37. The van der Waals surface area contributed by atoms with Crippen LogP contribution in [0.2, 0.25) is 0 Å². The van der Waals surface area contributed by atoms with Crippen LogP contribution < -0.4 is 0 Å². The molecule has 0 aromatic rings. The van der Waals surface area contributed by atoms with Crippen molar-refractivity contribution in [1.29, 1.82) is 0 Å². The summed E-state index contributed by atoms with van der Waals surface area (Å²) in [6.45, 7) is 0. The van der Waals surface area contributed by atoms with Crippen LogP contribution in [0.5, 0.6) is 0 Å². The lowest BCUT2D eigenvalue weighted by atomic mass is 9.55. The number of rotatable bonds is 5. The molecule has 1 atom stereocenters. The molecule has 3 aliphatic carbocycles. The summed E-state index contributed by atoms with van der Waals surface area (Å²) in [6.07, 6.45) is -19.5. The van der Waals surface area contributed by atoms with Crippen LogP contribution in [0.3, 0.4) is 0 Å². The van der Waals surface area contributed by atoms with E-state index in [0.717, 1.165) is 0 Å². The lowest BCUT2D eigenvalue weighted by Gasteiger charge is -2.50. The Morgan fingerprint density at radius 3 is 1.46 bits per heavy atom. The van der Waals surface area contributed by atoms with Crippen LogP contribution >= 0.6 is 0 Å². The first kappa shape index (κ1) is 19.8. The molecule has 3 aliphatic rings. The Hall–Kier alpha value is -0.960. The molecule has 150 valence electrons. The number of hydrogen-bond donors (Lipinski definition) is 0. The highest BCUT2D eigenvalue weighted by atomic mass is 19.4. The summed E-state index contributed by atoms with van der Waals surface area (Å²) < 4.78 is 121. The highest BCUT2D eigenvalue weighted by molar-refractivity contribution is 5.91. The van der Waals surface area contributed by atoms with Crippen molar-refractivity contribution in [3.63, 3.8) is 0 Å². The normalized spacial score (nSPS) is 27.4. The molecule has 0 radical (unpaired) electrons. The molecule has 1 unspecified atom stereocenters. The van der Waals surface area contributed by atoms with Gasteiger partial charge in [0.05, 0.1) is 10.8 Å². The van der Waals surface area contributed by atoms with E-state index in [1.807, 2.05) is 0 Å². The van der Waals surface area contributed by atoms with Gasteiger partial charge < -0.3 is 0 Å². The molecule has 1 nitrogen and oxygen atoms in total. The van der Waals surface area contributed by atoms with Crippen molar-refractivity contribution in [2.75, 3.05) is 0 Å². The highest BCUT2D eigenvalue weighted by Gasteiger charge is 2.76. The quantitative estimate of drug-likeness (QED) is 0.523. The Bertz CT molecular complexity index is 586. The van der Waals surface area contributed by atoms with Crippen molar-refractivity contribution in [2.24, 2.45) is 22.2 Å². The zero-order valence-corrected chi connectivity index (χ0v) is 13.5. The topological polar surface area (TPSA) is 17.1 Å².